The number of aromatic amines is 1. The Bertz CT molecular complexity index is 391. The predicted octanol–water partition coefficient (Wildman–Crippen LogP) is 2.59. The monoisotopic (exact) mass is 220 g/mol. The molecule has 0 radical (unpaired) electrons. The number of nitrogens with one attached hydrogen (secondary N) is 1. The van der Waals surface area contributed by atoms with E-state index in [2.05, 4.69) is 10.2 Å². The minimum Gasteiger partial charge on any atom is -0.268 e. The fraction of sp³-hybridized carbons (Fsp3) is 0.692. The zero-order valence-electron chi connectivity index (χ0n) is 9.96. The molecule has 1 saturated carbocycles. The maximum absolute atomic E-state index is 11.0. The van der Waals surface area contributed by atoms with Crippen molar-refractivity contribution in [2.75, 3.05) is 0 Å². The number of aryl methyl sites for hydroxylation is 2. The van der Waals surface area contributed by atoms with E-state index in [1.54, 1.807) is 6.07 Å². The summed E-state index contributed by atoms with van der Waals surface area (Å²) in [6.45, 7) is 1.97. The molecule has 0 bridgehead atoms. The number of H-pyrrole nitrogens is 1. The van der Waals surface area contributed by atoms with Gasteiger partial charge in [0.2, 0.25) is 0 Å². The summed E-state index contributed by atoms with van der Waals surface area (Å²) in [4.78, 5) is 11.0. The van der Waals surface area contributed by atoms with Crippen molar-refractivity contribution >= 4 is 0 Å². The molecule has 0 amide bonds. The van der Waals surface area contributed by atoms with Gasteiger partial charge in [0, 0.05) is 6.07 Å². The molecule has 1 aromatic heterocycles. The molecule has 16 heavy (non-hydrogen) atoms. The fourth-order valence-corrected chi connectivity index (χ4v) is 2.59. The number of aromatic nitrogens is 2. The summed E-state index contributed by atoms with van der Waals surface area (Å²) in [5.41, 5.74) is 1.99. The van der Waals surface area contributed by atoms with Crippen LogP contribution in [0.5, 0.6) is 0 Å². The van der Waals surface area contributed by atoms with Crippen molar-refractivity contribution in [2.45, 2.75) is 51.9 Å². The average Bonchev–Trinajstić information content (AvgIpc) is 2.29. The molecule has 3 heteroatoms. The predicted molar refractivity (Wildman–Crippen MR) is 64.5 cm³/mol. The highest BCUT2D eigenvalue weighted by Crippen LogP contribution is 2.27. The fourth-order valence-electron chi connectivity index (χ4n) is 2.59. The van der Waals surface area contributed by atoms with Crippen molar-refractivity contribution in [3.63, 3.8) is 0 Å². The average molecular weight is 220 g/mol. The molecule has 0 atom stereocenters. The summed E-state index contributed by atoms with van der Waals surface area (Å²) in [7, 11) is 0. The van der Waals surface area contributed by atoms with E-state index in [-0.39, 0.29) is 5.56 Å². The molecule has 2 rings (SSSR count). The highest BCUT2D eigenvalue weighted by atomic mass is 16.1. The normalized spacial score (nSPS) is 17.6. The Morgan fingerprint density at radius 3 is 2.81 bits per heavy atom. The molecule has 1 aromatic rings. The van der Waals surface area contributed by atoms with Crippen molar-refractivity contribution in [1.29, 1.82) is 0 Å². The lowest BCUT2D eigenvalue weighted by Gasteiger charge is -2.21. The van der Waals surface area contributed by atoms with Gasteiger partial charge in [0.1, 0.15) is 0 Å². The lowest BCUT2D eigenvalue weighted by atomic mass is 9.85. The summed E-state index contributed by atoms with van der Waals surface area (Å²) in [6, 6.07) is 1.64. The van der Waals surface area contributed by atoms with Gasteiger partial charge in [0.25, 0.3) is 5.56 Å². The molecule has 0 spiro atoms. The molecule has 1 N–H and O–H groups in total. The minimum absolute atomic E-state index is 0.0982. The van der Waals surface area contributed by atoms with Gasteiger partial charge in [-0.1, -0.05) is 32.1 Å². The van der Waals surface area contributed by atoms with Crippen LogP contribution >= 0.6 is 0 Å². The SMILES string of the molecule is Cc1cc(=O)[nH]nc1CCC1CCCCC1. The van der Waals surface area contributed by atoms with Crippen LogP contribution in [-0.2, 0) is 6.42 Å². The zero-order valence-corrected chi connectivity index (χ0v) is 9.96. The van der Waals surface area contributed by atoms with E-state index in [0.717, 1.165) is 23.6 Å². The van der Waals surface area contributed by atoms with Gasteiger partial charge in [-0.05, 0) is 31.2 Å². The third-order valence-corrected chi connectivity index (χ3v) is 3.62. The third-order valence-electron chi connectivity index (χ3n) is 3.62. The maximum atomic E-state index is 11.0. The van der Waals surface area contributed by atoms with Crippen molar-refractivity contribution in [2.24, 2.45) is 5.92 Å². The lowest BCUT2D eigenvalue weighted by molar-refractivity contribution is 0.338. The van der Waals surface area contributed by atoms with Crippen LogP contribution in [0.15, 0.2) is 10.9 Å². The van der Waals surface area contributed by atoms with Crippen LogP contribution in [0.4, 0.5) is 0 Å². The minimum atomic E-state index is -0.0982. The first-order valence-corrected chi connectivity index (χ1v) is 6.31. The molecule has 0 saturated heterocycles. The van der Waals surface area contributed by atoms with Crippen molar-refractivity contribution in [3.05, 3.63) is 27.7 Å². The van der Waals surface area contributed by atoms with E-state index in [4.69, 9.17) is 0 Å². The Kier molecular flexibility index (Phi) is 3.75. The molecule has 0 unspecified atom stereocenters. The van der Waals surface area contributed by atoms with Crippen LogP contribution < -0.4 is 5.56 Å². The highest BCUT2D eigenvalue weighted by Gasteiger charge is 2.14. The molecule has 1 fully saturated rings. The van der Waals surface area contributed by atoms with Gasteiger partial charge < -0.3 is 0 Å². The Balaban J connectivity index is 1.91. The van der Waals surface area contributed by atoms with Crippen LogP contribution in [0, 0.1) is 12.8 Å². The first-order valence-electron chi connectivity index (χ1n) is 6.31. The Labute approximate surface area is 96.3 Å². The molecular formula is C13H20N2O. The van der Waals surface area contributed by atoms with Crippen LogP contribution in [0.1, 0.15) is 49.8 Å². The quantitative estimate of drug-likeness (QED) is 0.851. The van der Waals surface area contributed by atoms with Crippen LogP contribution in [0.25, 0.3) is 0 Å². The van der Waals surface area contributed by atoms with Gasteiger partial charge in [-0.2, -0.15) is 5.10 Å². The first-order chi connectivity index (χ1) is 7.75. The molecule has 3 nitrogen and oxygen atoms in total. The standard InChI is InChI=1S/C13H20N2O/c1-10-9-13(16)15-14-12(10)8-7-11-5-3-2-4-6-11/h9,11H,2-8H2,1H3,(H,15,16). The Morgan fingerprint density at radius 2 is 2.12 bits per heavy atom. The second-order valence-electron chi connectivity index (χ2n) is 4.90. The smallest absolute Gasteiger partial charge is 0.264 e. The second kappa shape index (κ2) is 5.28. The van der Waals surface area contributed by atoms with Crippen molar-refractivity contribution in [1.82, 2.24) is 10.2 Å². The van der Waals surface area contributed by atoms with E-state index in [0.29, 0.717) is 0 Å². The molecule has 1 heterocycles. The van der Waals surface area contributed by atoms with E-state index in [9.17, 15) is 4.79 Å². The Hall–Kier alpha value is -1.12. The zero-order chi connectivity index (χ0) is 11.4. The third kappa shape index (κ3) is 2.94. The number of hydrogen-bond acceptors (Lipinski definition) is 2. The van der Waals surface area contributed by atoms with Crippen LogP contribution in [0.3, 0.4) is 0 Å². The summed E-state index contributed by atoms with van der Waals surface area (Å²) in [5.74, 6) is 0.877. The molecule has 88 valence electrons. The number of hydrogen-bond donors (Lipinski definition) is 1. The molecular weight excluding hydrogens is 200 g/mol. The second-order valence-corrected chi connectivity index (χ2v) is 4.90. The van der Waals surface area contributed by atoms with Crippen molar-refractivity contribution < 1.29 is 0 Å². The van der Waals surface area contributed by atoms with Crippen molar-refractivity contribution in [3.8, 4) is 0 Å². The van der Waals surface area contributed by atoms with Gasteiger partial charge in [0.05, 0.1) is 5.69 Å². The van der Waals surface area contributed by atoms with Gasteiger partial charge in [-0.25, -0.2) is 5.10 Å². The number of rotatable bonds is 3. The lowest BCUT2D eigenvalue weighted by Crippen LogP contribution is -2.13. The number of nitrogens with zero attached hydrogens (tertiary/aromatic N) is 1. The summed E-state index contributed by atoms with van der Waals surface area (Å²) in [6.07, 6.45) is 9.18. The molecule has 1 aliphatic carbocycles. The van der Waals surface area contributed by atoms with Crippen LogP contribution in [-0.4, -0.2) is 10.2 Å². The van der Waals surface area contributed by atoms with Gasteiger partial charge in [-0.15, -0.1) is 0 Å². The topological polar surface area (TPSA) is 45.8 Å². The molecule has 0 aromatic carbocycles. The highest BCUT2D eigenvalue weighted by molar-refractivity contribution is 5.15. The molecule has 0 aliphatic heterocycles. The summed E-state index contributed by atoms with van der Waals surface area (Å²) >= 11 is 0. The van der Waals surface area contributed by atoms with Gasteiger partial charge in [0.15, 0.2) is 0 Å². The van der Waals surface area contributed by atoms with Gasteiger partial charge in [-0.3, -0.25) is 4.79 Å². The van der Waals surface area contributed by atoms with E-state index in [1.165, 1.54) is 38.5 Å². The molecule has 1 aliphatic rings. The largest absolute Gasteiger partial charge is 0.268 e. The van der Waals surface area contributed by atoms with Crippen LogP contribution in [0.2, 0.25) is 0 Å². The summed E-state index contributed by atoms with van der Waals surface area (Å²) in [5, 5.41) is 6.65. The van der Waals surface area contributed by atoms with Gasteiger partial charge >= 0.3 is 0 Å². The maximum Gasteiger partial charge on any atom is 0.264 e. The van der Waals surface area contributed by atoms with E-state index in [1.807, 2.05) is 6.92 Å². The Morgan fingerprint density at radius 1 is 1.38 bits per heavy atom. The van der Waals surface area contributed by atoms with E-state index >= 15 is 0 Å². The first kappa shape index (κ1) is 11.4. The van der Waals surface area contributed by atoms with E-state index < -0.39 is 0 Å². The summed E-state index contributed by atoms with van der Waals surface area (Å²) < 4.78 is 0.